The lowest BCUT2D eigenvalue weighted by Gasteiger charge is -2.08. The molecule has 0 fully saturated rings. The van der Waals surface area contributed by atoms with Crippen LogP contribution in [0.25, 0.3) is 16.9 Å². The number of nitrogens with zero attached hydrogens (tertiary/aromatic N) is 2. The molecular weight excluding hydrogens is 364 g/mol. The normalized spacial score (nSPS) is 10.4. The van der Waals surface area contributed by atoms with Gasteiger partial charge in [-0.3, -0.25) is 0 Å². The Hall–Kier alpha value is -3.81. The first kappa shape index (κ1) is 19.0. The van der Waals surface area contributed by atoms with Crippen LogP contribution in [0.5, 0.6) is 11.5 Å². The van der Waals surface area contributed by atoms with E-state index in [0.29, 0.717) is 11.3 Å². The number of carbonyl (C=O) groups excluding carboxylic acids is 2. The number of rotatable bonds is 5. The Bertz CT molecular complexity index is 1030. The molecule has 28 heavy (non-hydrogen) atoms. The van der Waals surface area contributed by atoms with Crippen LogP contribution in [0.15, 0.2) is 48.5 Å². The number of aromatic hydroxyl groups is 1. The average molecular weight is 382 g/mol. The Morgan fingerprint density at radius 2 is 1.64 bits per heavy atom. The third kappa shape index (κ3) is 3.27. The first-order valence-corrected chi connectivity index (χ1v) is 8.24. The summed E-state index contributed by atoms with van der Waals surface area (Å²) < 4.78 is 16.4. The third-order valence-electron chi connectivity index (χ3n) is 4.09. The van der Waals surface area contributed by atoms with E-state index in [1.165, 1.54) is 38.1 Å². The molecule has 3 rings (SSSR count). The molecule has 0 aliphatic rings. The zero-order valence-electron chi connectivity index (χ0n) is 15.5. The minimum atomic E-state index is -0.757. The fourth-order valence-corrected chi connectivity index (χ4v) is 2.82. The van der Waals surface area contributed by atoms with E-state index in [9.17, 15) is 14.7 Å². The quantitative estimate of drug-likeness (QED) is 0.677. The van der Waals surface area contributed by atoms with Crippen LogP contribution < -0.4 is 4.74 Å². The highest BCUT2D eigenvalue weighted by Gasteiger charge is 2.32. The SMILES string of the molecule is COC(=O)c1c(-c2ccc(O)cc2OC)nn(-c2ccccc2)c1C(=O)OC. The lowest BCUT2D eigenvalue weighted by Crippen LogP contribution is -2.15. The molecule has 0 aliphatic carbocycles. The molecule has 2 aromatic carbocycles. The van der Waals surface area contributed by atoms with Crippen molar-refractivity contribution in [2.75, 3.05) is 21.3 Å². The fraction of sp³-hybridized carbons (Fsp3) is 0.150. The molecule has 0 amide bonds. The zero-order chi connectivity index (χ0) is 20.3. The molecule has 0 unspecified atom stereocenters. The van der Waals surface area contributed by atoms with Crippen molar-refractivity contribution in [1.82, 2.24) is 9.78 Å². The number of aromatic nitrogens is 2. The Morgan fingerprint density at radius 3 is 2.25 bits per heavy atom. The summed E-state index contributed by atoms with van der Waals surface area (Å²) in [6, 6.07) is 13.2. The molecule has 1 N–H and O–H groups in total. The van der Waals surface area contributed by atoms with Gasteiger partial charge in [0.1, 0.15) is 22.8 Å². The average Bonchev–Trinajstić information content (AvgIpc) is 3.13. The van der Waals surface area contributed by atoms with Crippen molar-refractivity contribution in [3.63, 3.8) is 0 Å². The number of esters is 2. The van der Waals surface area contributed by atoms with Gasteiger partial charge in [-0.15, -0.1) is 0 Å². The van der Waals surface area contributed by atoms with E-state index < -0.39 is 11.9 Å². The van der Waals surface area contributed by atoms with Gasteiger partial charge in [0.2, 0.25) is 0 Å². The Kier molecular flexibility index (Phi) is 5.30. The van der Waals surface area contributed by atoms with Crippen LogP contribution in [0.2, 0.25) is 0 Å². The minimum Gasteiger partial charge on any atom is -0.508 e. The highest BCUT2D eigenvalue weighted by Crippen LogP contribution is 2.36. The summed E-state index contributed by atoms with van der Waals surface area (Å²) in [5.74, 6) is -1.25. The van der Waals surface area contributed by atoms with Crippen molar-refractivity contribution in [2.24, 2.45) is 0 Å². The maximum atomic E-state index is 12.6. The van der Waals surface area contributed by atoms with Crippen LogP contribution in [0.4, 0.5) is 0 Å². The monoisotopic (exact) mass is 382 g/mol. The van der Waals surface area contributed by atoms with E-state index in [2.05, 4.69) is 5.10 Å². The largest absolute Gasteiger partial charge is 0.508 e. The van der Waals surface area contributed by atoms with Crippen molar-refractivity contribution in [3.05, 3.63) is 59.8 Å². The molecule has 0 saturated carbocycles. The van der Waals surface area contributed by atoms with Crippen molar-refractivity contribution in [2.45, 2.75) is 0 Å². The molecule has 0 aliphatic heterocycles. The van der Waals surface area contributed by atoms with Crippen LogP contribution in [0.1, 0.15) is 20.8 Å². The Morgan fingerprint density at radius 1 is 0.964 bits per heavy atom. The van der Waals surface area contributed by atoms with E-state index in [-0.39, 0.29) is 28.5 Å². The van der Waals surface area contributed by atoms with Gasteiger partial charge in [0.05, 0.1) is 27.0 Å². The molecule has 8 nitrogen and oxygen atoms in total. The van der Waals surface area contributed by atoms with Gasteiger partial charge in [-0.1, -0.05) is 18.2 Å². The van der Waals surface area contributed by atoms with Crippen LogP contribution in [0, 0.1) is 0 Å². The first-order valence-electron chi connectivity index (χ1n) is 8.24. The van der Waals surface area contributed by atoms with E-state index >= 15 is 0 Å². The number of phenols is 1. The van der Waals surface area contributed by atoms with E-state index in [1.807, 2.05) is 6.07 Å². The van der Waals surface area contributed by atoms with Crippen LogP contribution in [-0.4, -0.2) is 48.2 Å². The summed E-state index contributed by atoms with van der Waals surface area (Å²) in [5, 5.41) is 14.2. The van der Waals surface area contributed by atoms with Gasteiger partial charge in [0.15, 0.2) is 5.69 Å². The maximum absolute atomic E-state index is 12.6. The number of carbonyl (C=O) groups is 2. The number of hydrogen-bond donors (Lipinski definition) is 1. The second kappa shape index (κ2) is 7.83. The molecule has 144 valence electrons. The molecule has 1 aromatic heterocycles. The van der Waals surface area contributed by atoms with Gasteiger partial charge in [0.25, 0.3) is 0 Å². The lowest BCUT2D eigenvalue weighted by atomic mass is 10.0. The minimum absolute atomic E-state index is 0.0177. The van der Waals surface area contributed by atoms with Gasteiger partial charge in [0, 0.05) is 11.6 Å². The molecule has 1 heterocycles. The first-order chi connectivity index (χ1) is 13.5. The number of hydrogen-bond acceptors (Lipinski definition) is 7. The van der Waals surface area contributed by atoms with E-state index in [1.54, 1.807) is 30.3 Å². The second-order valence-corrected chi connectivity index (χ2v) is 5.69. The zero-order valence-corrected chi connectivity index (χ0v) is 15.5. The number of phenolic OH excluding ortho intramolecular Hbond substituents is 1. The van der Waals surface area contributed by atoms with Gasteiger partial charge in [-0.2, -0.15) is 5.10 Å². The molecule has 3 aromatic rings. The maximum Gasteiger partial charge on any atom is 0.357 e. The molecular formula is C20H18N2O6. The predicted molar refractivity (Wildman–Crippen MR) is 99.9 cm³/mol. The highest BCUT2D eigenvalue weighted by molar-refractivity contribution is 6.07. The number of methoxy groups -OCH3 is 3. The molecule has 8 heteroatoms. The standard InChI is InChI=1S/C20H18N2O6/c1-26-15-11-13(23)9-10-14(15)17-16(19(24)27-2)18(20(25)28-3)22(21-17)12-7-5-4-6-8-12/h4-11,23H,1-3H3. The van der Waals surface area contributed by atoms with E-state index in [0.717, 1.165) is 0 Å². The van der Waals surface area contributed by atoms with Gasteiger partial charge < -0.3 is 19.3 Å². The van der Waals surface area contributed by atoms with Crippen molar-refractivity contribution < 1.29 is 28.9 Å². The Labute approximate surface area is 160 Å². The summed E-state index contributed by atoms with van der Waals surface area (Å²) in [6.45, 7) is 0. The van der Waals surface area contributed by atoms with Crippen molar-refractivity contribution in [1.29, 1.82) is 0 Å². The number of benzene rings is 2. The third-order valence-corrected chi connectivity index (χ3v) is 4.09. The topological polar surface area (TPSA) is 99.9 Å². The summed E-state index contributed by atoms with van der Waals surface area (Å²) >= 11 is 0. The molecule has 0 bridgehead atoms. The van der Waals surface area contributed by atoms with Gasteiger partial charge in [-0.05, 0) is 24.3 Å². The highest BCUT2D eigenvalue weighted by atomic mass is 16.5. The second-order valence-electron chi connectivity index (χ2n) is 5.69. The summed E-state index contributed by atoms with van der Waals surface area (Å²) in [7, 11) is 3.85. The lowest BCUT2D eigenvalue weighted by molar-refractivity contribution is 0.0549. The smallest absolute Gasteiger partial charge is 0.357 e. The van der Waals surface area contributed by atoms with Gasteiger partial charge >= 0.3 is 11.9 Å². The van der Waals surface area contributed by atoms with Crippen LogP contribution in [-0.2, 0) is 9.47 Å². The predicted octanol–water partition coefficient (Wildman–Crippen LogP) is 2.83. The number of ether oxygens (including phenoxy) is 3. The van der Waals surface area contributed by atoms with Crippen molar-refractivity contribution >= 4 is 11.9 Å². The van der Waals surface area contributed by atoms with Gasteiger partial charge in [-0.25, -0.2) is 14.3 Å². The Balaban J connectivity index is 2.39. The summed E-state index contributed by atoms with van der Waals surface area (Å²) in [4.78, 5) is 25.1. The molecule has 0 radical (unpaired) electrons. The fourth-order valence-electron chi connectivity index (χ4n) is 2.82. The van der Waals surface area contributed by atoms with Crippen LogP contribution in [0.3, 0.4) is 0 Å². The van der Waals surface area contributed by atoms with Crippen LogP contribution >= 0.6 is 0 Å². The van der Waals surface area contributed by atoms with Crippen molar-refractivity contribution in [3.8, 4) is 28.4 Å². The summed E-state index contributed by atoms with van der Waals surface area (Å²) in [6.07, 6.45) is 0. The summed E-state index contributed by atoms with van der Waals surface area (Å²) in [5.41, 5.74) is 0.971. The molecule has 0 spiro atoms. The number of para-hydroxylation sites is 1. The molecule has 0 atom stereocenters. The van der Waals surface area contributed by atoms with E-state index in [4.69, 9.17) is 14.2 Å². The molecule has 0 saturated heterocycles.